The van der Waals surface area contributed by atoms with Crippen molar-refractivity contribution in [1.29, 1.82) is 0 Å². The first-order chi connectivity index (χ1) is 7.18. The quantitative estimate of drug-likeness (QED) is 0.757. The second-order valence-electron chi connectivity index (χ2n) is 4.15. The minimum Gasteiger partial charge on any atom is -0.321 e. The minimum atomic E-state index is 0.0335. The van der Waals surface area contributed by atoms with Crippen molar-refractivity contribution in [2.45, 2.75) is 32.2 Å². The summed E-state index contributed by atoms with van der Waals surface area (Å²) in [4.78, 5) is 0. The number of rotatable bonds is 2. The van der Waals surface area contributed by atoms with Gasteiger partial charge in [0, 0.05) is 5.02 Å². The highest BCUT2D eigenvalue weighted by atomic mass is 35.5. The summed E-state index contributed by atoms with van der Waals surface area (Å²) in [6.45, 7) is 2.08. The number of allylic oxidation sites excluding steroid dienone is 1. The zero-order chi connectivity index (χ0) is 10.8. The van der Waals surface area contributed by atoms with E-state index >= 15 is 0 Å². The molecular formula is C13H16ClN. The zero-order valence-corrected chi connectivity index (χ0v) is 9.72. The SMILES string of the molecule is Cc1ccc(Cl)cc1C(N)C1=CCCC1. The number of benzene rings is 1. The molecule has 0 aromatic heterocycles. The molecular weight excluding hydrogens is 206 g/mol. The Morgan fingerprint density at radius 1 is 1.40 bits per heavy atom. The van der Waals surface area contributed by atoms with Crippen LogP contribution in [-0.4, -0.2) is 0 Å². The van der Waals surface area contributed by atoms with Gasteiger partial charge >= 0.3 is 0 Å². The van der Waals surface area contributed by atoms with Gasteiger partial charge in [-0.05, 0) is 49.4 Å². The summed E-state index contributed by atoms with van der Waals surface area (Å²) in [6, 6.07) is 5.97. The van der Waals surface area contributed by atoms with E-state index in [-0.39, 0.29) is 6.04 Å². The van der Waals surface area contributed by atoms with Crippen LogP contribution in [0.5, 0.6) is 0 Å². The van der Waals surface area contributed by atoms with Crippen LogP contribution in [0.15, 0.2) is 29.8 Å². The van der Waals surface area contributed by atoms with Crippen LogP contribution in [0.25, 0.3) is 0 Å². The van der Waals surface area contributed by atoms with Gasteiger partial charge in [-0.1, -0.05) is 29.3 Å². The lowest BCUT2D eigenvalue weighted by molar-refractivity contribution is 0.780. The molecule has 0 heterocycles. The summed E-state index contributed by atoms with van der Waals surface area (Å²) in [6.07, 6.45) is 5.81. The Kier molecular flexibility index (Phi) is 3.13. The third-order valence-electron chi connectivity index (χ3n) is 3.05. The van der Waals surface area contributed by atoms with Gasteiger partial charge in [0.25, 0.3) is 0 Å². The molecule has 2 heteroatoms. The maximum Gasteiger partial charge on any atom is 0.0514 e. The molecule has 15 heavy (non-hydrogen) atoms. The summed E-state index contributed by atoms with van der Waals surface area (Å²) < 4.78 is 0. The van der Waals surface area contributed by atoms with Crippen LogP contribution in [0.1, 0.15) is 36.4 Å². The molecule has 0 saturated heterocycles. The van der Waals surface area contributed by atoms with E-state index in [9.17, 15) is 0 Å². The van der Waals surface area contributed by atoms with E-state index in [1.165, 1.54) is 24.0 Å². The van der Waals surface area contributed by atoms with Gasteiger partial charge in [0.15, 0.2) is 0 Å². The molecule has 1 unspecified atom stereocenters. The highest BCUT2D eigenvalue weighted by Gasteiger charge is 2.16. The number of hydrogen-bond donors (Lipinski definition) is 1. The van der Waals surface area contributed by atoms with E-state index < -0.39 is 0 Å². The molecule has 1 aromatic rings. The highest BCUT2D eigenvalue weighted by molar-refractivity contribution is 6.30. The van der Waals surface area contributed by atoms with Crippen molar-refractivity contribution in [1.82, 2.24) is 0 Å². The van der Waals surface area contributed by atoms with Crippen LogP contribution < -0.4 is 5.73 Å². The van der Waals surface area contributed by atoms with Crippen LogP contribution in [0.2, 0.25) is 5.02 Å². The molecule has 2 N–H and O–H groups in total. The minimum absolute atomic E-state index is 0.0335. The lowest BCUT2D eigenvalue weighted by Gasteiger charge is -2.16. The fourth-order valence-corrected chi connectivity index (χ4v) is 2.30. The summed E-state index contributed by atoms with van der Waals surface area (Å²) >= 11 is 5.99. The van der Waals surface area contributed by atoms with Crippen molar-refractivity contribution in [2.24, 2.45) is 5.73 Å². The van der Waals surface area contributed by atoms with Crippen LogP contribution in [-0.2, 0) is 0 Å². The first-order valence-corrected chi connectivity index (χ1v) is 5.77. The van der Waals surface area contributed by atoms with Gasteiger partial charge in [0.05, 0.1) is 6.04 Å². The van der Waals surface area contributed by atoms with Crippen LogP contribution >= 0.6 is 11.6 Å². The standard InChI is InChI=1S/C13H16ClN/c1-9-6-7-11(14)8-12(9)13(15)10-4-2-3-5-10/h4,6-8,13H,2-3,5,15H2,1H3. The molecule has 1 aliphatic rings. The van der Waals surface area contributed by atoms with Crippen molar-refractivity contribution >= 4 is 11.6 Å². The Labute approximate surface area is 95.9 Å². The van der Waals surface area contributed by atoms with Crippen molar-refractivity contribution < 1.29 is 0 Å². The second kappa shape index (κ2) is 4.38. The second-order valence-corrected chi connectivity index (χ2v) is 4.59. The van der Waals surface area contributed by atoms with Crippen molar-refractivity contribution in [3.63, 3.8) is 0 Å². The average Bonchev–Trinajstić information content (AvgIpc) is 2.74. The van der Waals surface area contributed by atoms with Crippen molar-refractivity contribution in [3.05, 3.63) is 46.0 Å². The Hall–Kier alpha value is -0.790. The van der Waals surface area contributed by atoms with E-state index in [1.807, 2.05) is 18.2 Å². The van der Waals surface area contributed by atoms with Gasteiger partial charge in [0.1, 0.15) is 0 Å². The average molecular weight is 222 g/mol. The van der Waals surface area contributed by atoms with Gasteiger partial charge in [-0.25, -0.2) is 0 Å². The lowest BCUT2D eigenvalue weighted by Crippen LogP contribution is -2.13. The van der Waals surface area contributed by atoms with E-state index in [4.69, 9.17) is 17.3 Å². The molecule has 1 aliphatic carbocycles. The third-order valence-corrected chi connectivity index (χ3v) is 3.29. The largest absolute Gasteiger partial charge is 0.321 e. The monoisotopic (exact) mass is 221 g/mol. The topological polar surface area (TPSA) is 26.0 Å². The normalized spacial score (nSPS) is 17.7. The molecule has 0 amide bonds. The van der Waals surface area contributed by atoms with Gasteiger partial charge < -0.3 is 5.73 Å². The maximum absolute atomic E-state index is 6.24. The number of aryl methyl sites for hydroxylation is 1. The molecule has 0 aliphatic heterocycles. The Morgan fingerprint density at radius 2 is 2.20 bits per heavy atom. The van der Waals surface area contributed by atoms with Crippen LogP contribution in [0, 0.1) is 6.92 Å². The van der Waals surface area contributed by atoms with Crippen molar-refractivity contribution in [2.75, 3.05) is 0 Å². The fourth-order valence-electron chi connectivity index (χ4n) is 2.12. The van der Waals surface area contributed by atoms with E-state index in [0.29, 0.717) is 0 Å². The fraction of sp³-hybridized carbons (Fsp3) is 0.385. The van der Waals surface area contributed by atoms with E-state index in [1.54, 1.807) is 0 Å². The van der Waals surface area contributed by atoms with Gasteiger partial charge in [0.2, 0.25) is 0 Å². The zero-order valence-electron chi connectivity index (χ0n) is 8.96. The first kappa shape index (κ1) is 10.7. The number of nitrogens with two attached hydrogens (primary N) is 1. The van der Waals surface area contributed by atoms with Gasteiger partial charge in [-0.15, -0.1) is 0 Å². The lowest BCUT2D eigenvalue weighted by atomic mass is 9.95. The molecule has 0 radical (unpaired) electrons. The van der Waals surface area contributed by atoms with Crippen LogP contribution in [0.4, 0.5) is 0 Å². The first-order valence-electron chi connectivity index (χ1n) is 5.39. The molecule has 1 nitrogen and oxygen atoms in total. The van der Waals surface area contributed by atoms with Crippen molar-refractivity contribution in [3.8, 4) is 0 Å². The Morgan fingerprint density at radius 3 is 2.87 bits per heavy atom. The van der Waals surface area contributed by atoms with Gasteiger partial charge in [-0.2, -0.15) is 0 Å². The molecule has 0 spiro atoms. The molecule has 0 bridgehead atoms. The summed E-state index contributed by atoms with van der Waals surface area (Å²) in [5, 5.41) is 0.768. The summed E-state index contributed by atoms with van der Waals surface area (Å²) in [7, 11) is 0. The Bertz CT molecular complexity index is 396. The summed E-state index contributed by atoms with van der Waals surface area (Å²) in [5.41, 5.74) is 9.99. The molecule has 80 valence electrons. The third kappa shape index (κ3) is 2.24. The molecule has 0 saturated carbocycles. The van der Waals surface area contributed by atoms with Crippen LogP contribution in [0.3, 0.4) is 0 Å². The molecule has 2 rings (SSSR count). The maximum atomic E-state index is 6.24. The summed E-state index contributed by atoms with van der Waals surface area (Å²) in [5.74, 6) is 0. The number of hydrogen-bond acceptors (Lipinski definition) is 1. The highest BCUT2D eigenvalue weighted by Crippen LogP contribution is 2.31. The predicted molar refractivity (Wildman–Crippen MR) is 65.1 cm³/mol. The Balaban J connectivity index is 2.31. The predicted octanol–water partition coefficient (Wildman–Crippen LogP) is 3.76. The molecule has 0 fully saturated rings. The van der Waals surface area contributed by atoms with Gasteiger partial charge in [-0.3, -0.25) is 0 Å². The number of halogens is 1. The molecule has 1 atom stereocenters. The molecule has 1 aromatic carbocycles. The van der Waals surface area contributed by atoms with E-state index in [2.05, 4.69) is 13.0 Å². The smallest absolute Gasteiger partial charge is 0.0514 e. The van der Waals surface area contributed by atoms with E-state index in [0.717, 1.165) is 17.0 Å².